The molecule has 0 spiro atoms. The fourth-order valence-electron chi connectivity index (χ4n) is 4.48. The molecule has 0 aromatic rings. The average molecular weight is 552 g/mol. The van der Waals surface area contributed by atoms with E-state index < -0.39 is 15.6 Å². The molecular formula is C31H66FNO3S. The summed E-state index contributed by atoms with van der Waals surface area (Å²) in [5.74, 6) is 0. The molecule has 0 aliphatic carbocycles. The smallest absolute Gasteiger partial charge is 0.299 e. The number of alkyl halides is 1. The van der Waals surface area contributed by atoms with Crippen LogP contribution >= 0.6 is 0 Å². The third kappa shape index (κ3) is 31.9. The Kier molecular flexibility index (Phi) is 33.7. The summed E-state index contributed by atoms with van der Waals surface area (Å²) in [5.41, 5.74) is -1.87. The Morgan fingerprint density at radius 3 is 1.14 bits per heavy atom. The number of unbranched alkanes of at least 4 members (excludes halogenated alkanes) is 22. The minimum Gasteiger partial charge on any atom is -0.323 e. The van der Waals surface area contributed by atoms with Crippen LogP contribution in [0, 0.1) is 0 Å². The van der Waals surface area contributed by atoms with E-state index in [1.807, 2.05) is 14.1 Å². The predicted molar refractivity (Wildman–Crippen MR) is 162 cm³/mol. The SMILES string of the molecule is CCCCCCCCCCCCCCCCCOS(=O)(=O)C(F)CCCCCCCCCCC.CNC. The molecule has 0 fully saturated rings. The summed E-state index contributed by atoms with van der Waals surface area (Å²) in [5, 5.41) is 2.75. The first-order chi connectivity index (χ1) is 18.0. The van der Waals surface area contributed by atoms with E-state index in [0.29, 0.717) is 12.8 Å². The van der Waals surface area contributed by atoms with Crippen molar-refractivity contribution in [2.24, 2.45) is 0 Å². The zero-order chi connectivity index (χ0) is 27.9. The molecule has 0 aromatic heterocycles. The molecule has 0 saturated carbocycles. The van der Waals surface area contributed by atoms with Crippen molar-refractivity contribution in [3.8, 4) is 0 Å². The highest BCUT2D eigenvalue weighted by Gasteiger charge is 2.25. The molecule has 37 heavy (non-hydrogen) atoms. The van der Waals surface area contributed by atoms with Gasteiger partial charge < -0.3 is 5.32 Å². The first-order valence-electron chi connectivity index (χ1n) is 16.1. The van der Waals surface area contributed by atoms with Gasteiger partial charge in [-0.25, -0.2) is 4.39 Å². The van der Waals surface area contributed by atoms with Gasteiger partial charge in [-0.15, -0.1) is 0 Å². The lowest BCUT2D eigenvalue weighted by Crippen LogP contribution is -2.19. The van der Waals surface area contributed by atoms with Crippen LogP contribution in [0.1, 0.15) is 174 Å². The number of nitrogens with one attached hydrogen (secondary N) is 1. The van der Waals surface area contributed by atoms with Crippen LogP contribution in [-0.2, 0) is 14.3 Å². The Morgan fingerprint density at radius 1 is 0.541 bits per heavy atom. The average Bonchev–Trinajstić information content (AvgIpc) is 2.87. The lowest BCUT2D eigenvalue weighted by atomic mass is 10.0. The quantitative estimate of drug-likeness (QED) is 0.0776. The molecule has 0 bridgehead atoms. The van der Waals surface area contributed by atoms with Gasteiger partial charge in [-0.2, -0.15) is 8.42 Å². The standard InChI is InChI=1S/C29H59FO3S.C2H7N/c1-3-5-7-9-11-13-14-15-16-17-18-20-22-24-26-28-33-34(31,32)29(30)27-25-23-21-19-12-10-8-6-4-2;1-3-2/h29H,3-28H2,1-2H3;3H,1-2H3. The van der Waals surface area contributed by atoms with Crippen LogP contribution < -0.4 is 5.32 Å². The first-order valence-corrected chi connectivity index (χ1v) is 17.5. The van der Waals surface area contributed by atoms with E-state index in [2.05, 4.69) is 19.2 Å². The molecule has 1 atom stereocenters. The summed E-state index contributed by atoms with van der Waals surface area (Å²) < 4.78 is 42.9. The normalized spacial score (nSPS) is 12.4. The Bertz CT molecular complexity index is 517. The van der Waals surface area contributed by atoms with Crippen LogP contribution in [0.15, 0.2) is 0 Å². The van der Waals surface area contributed by atoms with E-state index in [1.54, 1.807) is 0 Å². The van der Waals surface area contributed by atoms with E-state index in [9.17, 15) is 12.8 Å². The maximum absolute atomic E-state index is 14.1. The van der Waals surface area contributed by atoms with Crippen molar-refractivity contribution in [1.29, 1.82) is 0 Å². The number of halogens is 1. The van der Waals surface area contributed by atoms with Crippen LogP contribution in [0.2, 0.25) is 0 Å². The fourth-order valence-corrected chi connectivity index (χ4v) is 5.44. The van der Waals surface area contributed by atoms with Crippen molar-refractivity contribution in [2.45, 2.75) is 180 Å². The van der Waals surface area contributed by atoms with E-state index >= 15 is 0 Å². The molecule has 226 valence electrons. The third-order valence-corrected chi connectivity index (χ3v) is 8.20. The van der Waals surface area contributed by atoms with Crippen LogP contribution in [0.25, 0.3) is 0 Å². The molecule has 6 heteroatoms. The molecule has 0 heterocycles. The molecule has 0 saturated heterocycles. The van der Waals surface area contributed by atoms with Crippen molar-refractivity contribution in [3.05, 3.63) is 0 Å². The molecule has 1 N–H and O–H groups in total. The molecule has 0 amide bonds. The second-order valence-corrected chi connectivity index (χ2v) is 12.5. The Balaban J connectivity index is 0. The van der Waals surface area contributed by atoms with Gasteiger partial charge in [-0.05, 0) is 33.4 Å². The van der Waals surface area contributed by atoms with Crippen LogP contribution in [0.3, 0.4) is 0 Å². The third-order valence-electron chi connectivity index (χ3n) is 6.84. The molecule has 0 aliphatic heterocycles. The highest BCUT2D eigenvalue weighted by atomic mass is 32.2. The zero-order valence-corrected chi connectivity index (χ0v) is 26.3. The van der Waals surface area contributed by atoms with Crippen LogP contribution in [-0.4, -0.2) is 34.6 Å². The minimum absolute atomic E-state index is 0.0665. The summed E-state index contributed by atoms with van der Waals surface area (Å²) in [7, 11) is -0.304. The summed E-state index contributed by atoms with van der Waals surface area (Å²) in [6.45, 7) is 4.60. The Labute approximate surface area is 232 Å². The van der Waals surface area contributed by atoms with E-state index in [-0.39, 0.29) is 13.0 Å². The van der Waals surface area contributed by atoms with Gasteiger partial charge in [0.05, 0.1) is 6.61 Å². The molecule has 0 aliphatic rings. The molecule has 0 rings (SSSR count). The minimum atomic E-state index is -4.05. The van der Waals surface area contributed by atoms with Gasteiger partial charge in [-0.1, -0.05) is 155 Å². The van der Waals surface area contributed by atoms with Gasteiger partial charge in [-0.3, -0.25) is 4.18 Å². The summed E-state index contributed by atoms with van der Waals surface area (Å²) in [6, 6.07) is 0. The molecular weight excluding hydrogens is 485 g/mol. The van der Waals surface area contributed by atoms with Crippen molar-refractivity contribution < 1.29 is 17.0 Å². The summed E-state index contributed by atoms with van der Waals surface area (Å²) in [4.78, 5) is 0. The van der Waals surface area contributed by atoms with Crippen molar-refractivity contribution in [1.82, 2.24) is 5.32 Å². The number of hydrogen-bond donors (Lipinski definition) is 1. The van der Waals surface area contributed by atoms with Gasteiger partial charge in [0.2, 0.25) is 5.50 Å². The predicted octanol–water partition coefficient (Wildman–Crippen LogP) is 10.3. The van der Waals surface area contributed by atoms with Gasteiger partial charge in [0.25, 0.3) is 10.1 Å². The monoisotopic (exact) mass is 551 g/mol. The highest BCUT2D eigenvalue weighted by molar-refractivity contribution is 7.87. The van der Waals surface area contributed by atoms with E-state index in [4.69, 9.17) is 4.18 Å². The zero-order valence-electron chi connectivity index (χ0n) is 25.5. The number of hydrogen-bond acceptors (Lipinski definition) is 4. The Morgan fingerprint density at radius 2 is 0.811 bits per heavy atom. The van der Waals surface area contributed by atoms with Crippen LogP contribution in [0.4, 0.5) is 4.39 Å². The van der Waals surface area contributed by atoms with Crippen molar-refractivity contribution in [3.63, 3.8) is 0 Å². The fraction of sp³-hybridized carbons (Fsp3) is 1.00. The van der Waals surface area contributed by atoms with Crippen molar-refractivity contribution >= 4 is 10.1 Å². The topological polar surface area (TPSA) is 55.4 Å². The maximum atomic E-state index is 14.1. The molecule has 4 nitrogen and oxygen atoms in total. The van der Waals surface area contributed by atoms with E-state index in [0.717, 1.165) is 25.7 Å². The number of rotatable bonds is 28. The lowest BCUT2D eigenvalue weighted by molar-refractivity contribution is 0.270. The Hall–Kier alpha value is -0.200. The highest BCUT2D eigenvalue weighted by Crippen LogP contribution is 2.18. The second-order valence-electron chi connectivity index (χ2n) is 10.8. The van der Waals surface area contributed by atoms with Gasteiger partial charge in [0.15, 0.2) is 0 Å². The maximum Gasteiger partial charge on any atom is 0.299 e. The second kappa shape index (κ2) is 32.0. The molecule has 0 radical (unpaired) electrons. The van der Waals surface area contributed by atoms with Gasteiger partial charge in [0.1, 0.15) is 0 Å². The molecule has 1 unspecified atom stereocenters. The largest absolute Gasteiger partial charge is 0.323 e. The van der Waals surface area contributed by atoms with Gasteiger partial charge in [0, 0.05) is 0 Å². The summed E-state index contributed by atoms with van der Waals surface area (Å²) in [6.07, 6.45) is 29.2. The van der Waals surface area contributed by atoms with E-state index in [1.165, 1.54) is 116 Å². The summed E-state index contributed by atoms with van der Waals surface area (Å²) >= 11 is 0. The lowest BCUT2D eigenvalue weighted by Gasteiger charge is -2.10. The van der Waals surface area contributed by atoms with Crippen LogP contribution in [0.5, 0.6) is 0 Å². The van der Waals surface area contributed by atoms with Crippen molar-refractivity contribution in [2.75, 3.05) is 20.7 Å². The molecule has 0 aromatic carbocycles. The first kappa shape index (κ1) is 38.9. The van der Waals surface area contributed by atoms with Gasteiger partial charge >= 0.3 is 0 Å².